The Morgan fingerprint density at radius 1 is 0.238 bits per heavy atom. The van der Waals surface area contributed by atoms with Crippen molar-refractivity contribution in [1.29, 1.82) is 0 Å². The highest BCUT2D eigenvalue weighted by molar-refractivity contribution is 6.21. The van der Waals surface area contributed by atoms with Crippen LogP contribution in [0.3, 0.4) is 0 Å². The summed E-state index contributed by atoms with van der Waals surface area (Å²) in [5.74, 6) is 0.908. The average molecular weight is 806 g/mol. The zero-order valence-electron chi connectivity index (χ0n) is 34.3. The molecular weight excluding hydrogens is 767 g/mol. The van der Waals surface area contributed by atoms with E-state index in [1.807, 2.05) is 77.7 Å². The minimum Gasteiger partial charge on any atom is -0.247 e. The lowest BCUT2D eigenvalue weighted by Crippen LogP contribution is -2.17. The van der Waals surface area contributed by atoms with Gasteiger partial charge < -0.3 is 0 Å². The summed E-state index contributed by atoms with van der Waals surface area (Å²) >= 11 is 0. The molecule has 0 bridgehead atoms. The minimum absolute atomic E-state index is 0.454. The van der Waals surface area contributed by atoms with Crippen molar-refractivity contribution in [2.24, 2.45) is 0 Å². The van der Waals surface area contributed by atoms with E-state index in [2.05, 4.69) is 164 Å². The molecule has 0 aliphatic heterocycles. The molecule has 2 heterocycles. The van der Waals surface area contributed by atoms with Crippen LogP contribution in [0.1, 0.15) is 0 Å². The summed E-state index contributed by atoms with van der Waals surface area (Å²) in [6.45, 7) is 0. The van der Waals surface area contributed by atoms with Crippen LogP contribution in [0.15, 0.2) is 237 Å². The van der Waals surface area contributed by atoms with E-state index < -0.39 is 0 Å². The number of benzene rings is 9. The summed E-state index contributed by atoms with van der Waals surface area (Å²) in [6, 6.07) is 82.0. The van der Waals surface area contributed by atoms with Crippen LogP contribution >= 0.6 is 0 Å². The molecule has 11 aromatic rings. The lowest BCUT2D eigenvalue weighted by Gasteiger charge is -2.24. The number of rotatable bonds is 9. The summed E-state index contributed by atoms with van der Waals surface area (Å²) in [4.78, 5) is 23.3. The molecular formula is C58H39N5. The zero-order valence-corrected chi connectivity index (χ0v) is 34.3. The van der Waals surface area contributed by atoms with Crippen LogP contribution in [-0.2, 0) is 0 Å². The highest BCUT2D eigenvalue weighted by atomic mass is 15.3. The van der Waals surface area contributed by atoms with Gasteiger partial charge in [0.2, 0.25) is 11.9 Å². The van der Waals surface area contributed by atoms with Gasteiger partial charge in [-0.2, -0.15) is 0 Å². The van der Waals surface area contributed by atoms with Crippen LogP contribution in [-0.4, -0.2) is 19.9 Å². The molecule has 0 atom stereocenters. The number of hydrogen-bond acceptors (Lipinski definition) is 5. The topological polar surface area (TPSA) is 54.8 Å². The molecule has 0 N–H and O–H groups in total. The fraction of sp³-hybridized carbons (Fsp3) is 0. The summed E-state index contributed by atoms with van der Waals surface area (Å²) in [6.07, 6.45) is 0. The molecule has 63 heavy (non-hydrogen) atoms. The first-order valence-electron chi connectivity index (χ1n) is 21.1. The van der Waals surface area contributed by atoms with E-state index in [9.17, 15) is 0 Å². The number of fused-ring (bicyclic) bond motifs is 2. The third kappa shape index (κ3) is 7.28. The van der Waals surface area contributed by atoms with Crippen molar-refractivity contribution in [3.63, 3.8) is 0 Å². The molecule has 0 fully saturated rings. The van der Waals surface area contributed by atoms with Crippen LogP contribution in [0.4, 0.5) is 17.6 Å². The second kappa shape index (κ2) is 16.5. The number of nitrogens with zero attached hydrogens (tertiary/aromatic N) is 5. The van der Waals surface area contributed by atoms with E-state index in [-0.39, 0.29) is 0 Å². The Labute approximate surface area is 366 Å². The van der Waals surface area contributed by atoms with Crippen molar-refractivity contribution in [3.05, 3.63) is 237 Å². The minimum atomic E-state index is 0.454. The molecule has 0 saturated heterocycles. The van der Waals surface area contributed by atoms with Crippen molar-refractivity contribution in [1.82, 2.24) is 19.9 Å². The third-order valence-electron chi connectivity index (χ3n) is 11.5. The van der Waals surface area contributed by atoms with E-state index in [0.717, 1.165) is 56.3 Å². The van der Waals surface area contributed by atoms with Gasteiger partial charge in [-0.05, 0) is 68.1 Å². The van der Waals surface area contributed by atoms with Crippen molar-refractivity contribution >= 4 is 39.1 Å². The Morgan fingerprint density at radius 2 is 0.492 bits per heavy atom. The highest BCUT2D eigenvalue weighted by Crippen LogP contribution is 2.44. The van der Waals surface area contributed by atoms with Gasteiger partial charge >= 0.3 is 0 Å². The van der Waals surface area contributed by atoms with Crippen LogP contribution < -0.4 is 4.90 Å². The molecule has 0 aliphatic carbocycles. The van der Waals surface area contributed by atoms with Gasteiger partial charge in [0.05, 0.1) is 28.5 Å². The van der Waals surface area contributed by atoms with E-state index in [1.54, 1.807) is 0 Å². The normalized spacial score (nSPS) is 11.2. The molecule has 0 unspecified atom stereocenters. The summed E-state index contributed by atoms with van der Waals surface area (Å²) in [5.41, 5.74) is 12.6. The first kappa shape index (κ1) is 37.5. The maximum absolute atomic E-state index is 5.32. The Hall–Kier alpha value is -8.54. The summed E-state index contributed by atoms with van der Waals surface area (Å²) in [5, 5.41) is 4.80. The Balaban J connectivity index is 1.15. The third-order valence-corrected chi connectivity index (χ3v) is 11.5. The van der Waals surface area contributed by atoms with Crippen molar-refractivity contribution in [2.75, 3.05) is 4.90 Å². The average Bonchev–Trinajstić information content (AvgIpc) is 3.37. The Bertz CT molecular complexity index is 3060. The molecule has 2 aromatic heterocycles. The fourth-order valence-corrected chi connectivity index (χ4v) is 8.55. The monoisotopic (exact) mass is 805 g/mol. The standard InChI is InChI=1S/C58H39N5/c1-6-20-40(21-7-1)51-38-52(41-22-8-2-9-23-41)60-57(59-51)63(58-61-53(42-24-10-3-11-25-42)39-54(62-58)43-26-12-4-13-27-43)46-36-34-45(35-37-46)56-49-32-18-16-30-47(49)55(44-28-14-5-15-29-44)48-31-17-19-33-50(48)56/h1-39H. The van der Waals surface area contributed by atoms with E-state index in [1.165, 1.54) is 38.2 Å². The van der Waals surface area contributed by atoms with Gasteiger partial charge in [-0.15, -0.1) is 0 Å². The van der Waals surface area contributed by atoms with Gasteiger partial charge in [-0.25, -0.2) is 24.8 Å². The van der Waals surface area contributed by atoms with Crippen LogP contribution in [0.2, 0.25) is 0 Å². The van der Waals surface area contributed by atoms with Gasteiger partial charge in [-0.3, -0.25) is 0 Å². The maximum atomic E-state index is 5.32. The highest BCUT2D eigenvalue weighted by Gasteiger charge is 2.24. The van der Waals surface area contributed by atoms with E-state index in [0.29, 0.717) is 11.9 Å². The van der Waals surface area contributed by atoms with Gasteiger partial charge in [-0.1, -0.05) is 212 Å². The molecule has 0 saturated carbocycles. The first-order chi connectivity index (χ1) is 31.2. The van der Waals surface area contributed by atoms with Crippen LogP contribution in [0.25, 0.3) is 88.8 Å². The molecule has 0 radical (unpaired) electrons. The van der Waals surface area contributed by atoms with Crippen molar-refractivity contribution in [2.45, 2.75) is 0 Å². The predicted octanol–water partition coefficient (Wildman–Crippen LogP) is 15.0. The number of hydrogen-bond donors (Lipinski definition) is 0. The molecule has 0 amide bonds. The van der Waals surface area contributed by atoms with Gasteiger partial charge in [0, 0.05) is 22.3 Å². The molecule has 5 nitrogen and oxygen atoms in total. The quantitative estimate of drug-likeness (QED) is 0.136. The molecule has 0 aliphatic rings. The second-order valence-corrected chi connectivity index (χ2v) is 15.4. The predicted molar refractivity (Wildman–Crippen MR) is 260 cm³/mol. The maximum Gasteiger partial charge on any atom is 0.238 e. The molecule has 5 heteroatoms. The lowest BCUT2D eigenvalue weighted by atomic mass is 9.86. The fourth-order valence-electron chi connectivity index (χ4n) is 8.55. The first-order valence-corrected chi connectivity index (χ1v) is 21.1. The van der Waals surface area contributed by atoms with Gasteiger partial charge in [0.25, 0.3) is 0 Å². The van der Waals surface area contributed by atoms with Crippen molar-refractivity contribution in [3.8, 4) is 67.3 Å². The molecule has 11 rings (SSSR count). The zero-order chi connectivity index (χ0) is 42.0. The largest absolute Gasteiger partial charge is 0.247 e. The van der Waals surface area contributed by atoms with Crippen LogP contribution in [0, 0.1) is 0 Å². The number of aromatic nitrogens is 4. The van der Waals surface area contributed by atoms with Gasteiger partial charge in [0.1, 0.15) is 0 Å². The summed E-state index contributed by atoms with van der Waals surface area (Å²) in [7, 11) is 0. The molecule has 9 aromatic carbocycles. The SMILES string of the molecule is c1ccc(-c2cc(-c3ccccc3)nc(N(c3ccc(-c4c5ccccc5c(-c5ccccc5)c5ccccc45)cc3)c3nc(-c4ccccc4)cc(-c4ccccc4)n3)n2)cc1. The lowest BCUT2D eigenvalue weighted by molar-refractivity contribution is 1.02. The number of anilines is 3. The van der Waals surface area contributed by atoms with Gasteiger partial charge in [0.15, 0.2) is 0 Å². The molecule has 0 spiro atoms. The second-order valence-electron chi connectivity index (χ2n) is 15.4. The van der Waals surface area contributed by atoms with E-state index in [4.69, 9.17) is 19.9 Å². The van der Waals surface area contributed by atoms with Crippen molar-refractivity contribution < 1.29 is 0 Å². The van der Waals surface area contributed by atoms with Crippen LogP contribution in [0.5, 0.6) is 0 Å². The Morgan fingerprint density at radius 3 is 0.794 bits per heavy atom. The smallest absolute Gasteiger partial charge is 0.238 e. The Kier molecular flexibility index (Phi) is 9.80. The van der Waals surface area contributed by atoms with E-state index >= 15 is 0 Å². The summed E-state index contributed by atoms with van der Waals surface area (Å²) < 4.78 is 0. The molecule has 296 valence electrons.